The molecule has 0 bridgehead atoms. The number of carbonyl (C=O) groups excluding carboxylic acids is 2. The number of Topliss-reactive ketones (excluding diaryl/α,β-unsaturated/α-hetero) is 1. The zero-order valence-electron chi connectivity index (χ0n) is 17.1. The number of pyridine rings is 1. The van der Waals surface area contributed by atoms with Crippen LogP contribution >= 0.6 is 0 Å². The van der Waals surface area contributed by atoms with Gasteiger partial charge < -0.3 is 4.74 Å². The summed E-state index contributed by atoms with van der Waals surface area (Å²) in [5.41, 5.74) is 2.99. The number of nitrogens with zero attached hydrogens (tertiary/aromatic N) is 2. The highest BCUT2D eigenvalue weighted by atomic mass is 16.5. The van der Waals surface area contributed by atoms with Gasteiger partial charge in [-0.3, -0.25) is 19.5 Å². The summed E-state index contributed by atoms with van der Waals surface area (Å²) in [6.45, 7) is 6.63. The van der Waals surface area contributed by atoms with E-state index in [4.69, 9.17) is 4.74 Å². The summed E-state index contributed by atoms with van der Waals surface area (Å²) in [4.78, 5) is 32.6. The summed E-state index contributed by atoms with van der Waals surface area (Å²) in [7, 11) is 0. The fourth-order valence-electron chi connectivity index (χ4n) is 4.52. The van der Waals surface area contributed by atoms with Gasteiger partial charge in [0.05, 0.1) is 18.5 Å². The Morgan fingerprint density at radius 2 is 1.93 bits per heavy atom. The van der Waals surface area contributed by atoms with Crippen molar-refractivity contribution in [3.63, 3.8) is 0 Å². The molecule has 0 radical (unpaired) electrons. The summed E-state index contributed by atoms with van der Waals surface area (Å²) in [6, 6.07) is 11.4. The van der Waals surface area contributed by atoms with Crippen LogP contribution in [0.25, 0.3) is 0 Å². The third-order valence-electron chi connectivity index (χ3n) is 5.64. The number of hydrogen-bond acceptors (Lipinski definition) is 4. The molecule has 1 atom stereocenters. The van der Waals surface area contributed by atoms with Crippen LogP contribution < -0.4 is 9.64 Å². The minimum atomic E-state index is -0.281. The van der Waals surface area contributed by atoms with Crippen LogP contribution in [0.15, 0.2) is 60.1 Å². The fourth-order valence-corrected chi connectivity index (χ4v) is 4.52. The molecule has 4 rings (SSSR count). The lowest BCUT2D eigenvalue weighted by atomic mass is 9.69. The molecule has 1 aliphatic heterocycles. The van der Waals surface area contributed by atoms with E-state index in [9.17, 15) is 9.59 Å². The minimum Gasteiger partial charge on any atom is -0.494 e. The number of carbonyl (C=O) groups is 2. The number of para-hydroxylation sites is 1. The van der Waals surface area contributed by atoms with Gasteiger partial charge in [-0.25, -0.2) is 0 Å². The highest BCUT2D eigenvalue weighted by Crippen LogP contribution is 2.49. The predicted octanol–water partition coefficient (Wildman–Crippen LogP) is 4.64. The molecule has 0 spiro atoms. The van der Waals surface area contributed by atoms with Crippen molar-refractivity contribution in [1.29, 1.82) is 0 Å². The SMILES string of the molecule is CCOc1ccccc1C1CC(=O)N(c2cccnc2)C2=C1C(=O)CC(C)(C)C2. The Morgan fingerprint density at radius 3 is 2.66 bits per heavy atom. The Balaban J connectivity index is 1.90. The minimum absolute atomic E-state index is 0.0152. The lowest BCUT2D eigenvalue weighted by molar-refractivity contribution is -0.121. The van der Waals surface area contributed by atoms with Crippen molar-refractivity contribution in [3.8, 4) is 5.75 Å². The number of benzene rings is 1. The van der Waals surface area contributed by atoms with Crippen molar-refractivity contribution in [3.05, 3.63) is 65.6 Å². The van der Waals surface area contributed by atoms with Crippen molar-refractivity contribution in [2.75, 3.05) is 11.5 Å². The van der Waals surface area contributed by atoms with E-state index in [-0.39, 0.29) is 29.4 Å². The van der Waals surface area contributed by atoms with Crippen molar-refractivity contribution in [1.82, 2.24) is 4.98 Å². The normalized spacial score (nSPS) is 21.2. The molecular formula is C24H26N2O3. The monoisotopic (exact) mass is 390 g/mol. The van der Waals surface area contributed by atoms with Crippen molar-refractivity contribution >= 4 is 17.4 Å². The van der Waals surface area contributed by atoms with E-state index in [2.05, 4.69) is 18.8 Å². The zero-order valence-corrected chi connectivity index (χ0v) is 17.1. The van der Waals surface area contributed by atoms with Gasteiger partial charge in [0.1, 0.15) is 5.75 Å². The number of ether oxygens (including phenoxy) is 1. The maximum absolute atomic E-state index is 13.3. The van der Waals surface area contributed by atoms with E-state index < -0.39 is 0 Å². The Kier molecular flexibility index (Phi) is 4.99. The molecule has 1 amide bonds. The molecule has 2 heterocycles. The molecule has 2 aromatic rings. The second kappa shape index (κ2) is 7.47. The van der Waals surface area contributed by atoms with E-state index in [0.29, 0.717) is 25.1 Å². The lowest BCUT2D eigenvalue weighted by Crippen LogP contribution is -2.43. The average molecular weight is 390 g/mol. The van der Waals surface area contributed by atoms with E-state index in [1.165, 1.54) is 0 Å². The molecule has 2 aliphatic rings. The second-order valence-corrected chi connectivity index (χ2v) is 8.47. The van der Waals surface area contributed by atoms with Crippen LogP contribution in [0.5, 0.6) is 5.75 Å². The molecule has 0 saturated heterocycles. The largest absolute Gasteiger partial charge is 0.494 e. The summed E-state index contributed by atoms with van der Waals surface area (Å²) in [6.07, 6.45) is 4.76. The van der Waals surface area contributed by atoms with Gasteiger partial charge in [0.25, 0.3) is 0 Å². The molecule has 0 fully saturated rings. The van der Waals surface area contributed by atoms with E-state index in [1.54, 1.807) is 17.3 Å². The summed E-state index contributed by atoms with van der Waals surface area (Å²) in [5.74, 6) is 0.566. The average Bonchev–Trinajstić information content (AvgIpc) is 2.67. The maximum Gasteiger partial charge on any atom is 0.232 e. The number of amides is 1. The molecule has 1 aromatic carbocycles. The van der Waals surface area contributed by atoms with Gasteiger partial charge in [-0.1, -0.05) is 32.0 Å². The van der Waals surface area contributed by atoms with Gasteiger partial charge >= 0.3 is 0 Å². The van der Waals surface area contributed by atoms with Crippen LogP contribution in [0.1, 0.15) is 51.5 Å². The van der Waals surface area contributed by atoms with E-state index >= 15 is 0 Å². The Bertz CT molecular complexity index is 979. The van der Waals surface area contributed by atoms with Crippen LogP contribution in [0.3, 0.4) is 0 Å². The molecule has 150 valence electrons. The molecule has 5 nitrogen and oxygen atoms in total. The molecular weight excluding hydrogens is 364 g/mol. The first kappa shape index (κ1) is 19.4. The third-order valence-corrected chi connectivity index (χ3v) is 5.64. The standard InChI is InChI=1S/C24H26N2O3/c1-4-29-21-10-6-5-9-17(21)18-12-22(28)26(16-8-7-11-25-15-16)19-13-24(2,3)14-20(27)23(18)19/h5-11,15,18H,4,12-14H2,1-3H3. The van der Waals surface area contributed by atoms with E-state index in [0.717, 1.165) is 22.6 Å². The first-order chi connectivity index (χ1) is 13.9. The highest BCUT2D eigenvalue weighted by molar-refractivity contribution is 6.07. The van der Waals surface area contributed by atoms with Crippen LogP contribution in [0.4, 0.5) is 5.69 Å². The van der Waals surface area contributed by atoms with Gasteiger partial charge in [0.15, 0.2) is 5.78 Å². The van der Waals surface area contributed by atoms with Crippen molar-refractivity contribution in [2.24, 2.45) is 5.41 Å². The van der Waals surface area contributed by atoms with Gasteiger partial charge in [-0.2, -0.15) is 0 Å². The van der Waals surface area contributed by atoms with Gasteiger partial charge in [-0.05, 0) is 37.0 Å². The molecule has 1 aromatic heterocycles. The molecule has 0 N–H and O–H groups in total. The van der Waals surface area contributed by atoms with Crippen LogP contribution in [-0.4, -0.2) is 23.3 Å². The zero-order chi connectivity index (χ0) is 20.6. The summed E-state index contributed by atoms with van der Waals surface area (Å²) < 4.78 is 5.82. The number of ketones is 1. The van der Waals surface area contributed by atoms with Gasteiger partial charge in [0, 0.05) is 41.8 Å². The topological polar surface area (TPSA) is 59.5 Å². The highest BCUT2D eigenvalue weighted by Gasteiger charge is 2.45. The molecule has 1 unspecified atom stereocenters. The van der Waals surface area contributed by atoms with Gasteiger partial charge in [0.2, 0.25) is 5.91 Å². The number of rotatable bonds is 4. The number of allylic oxidation sites excluding steroid dienone is 2. The maximum atomic E-state index is 13.3. The van der Waals surface area contributed by atoms with Crippen LogP contribution in [0.2, 0.25) is 0 Å². The smallest absolute Gasteiger partial charge is 0.232 e. The number of aromatic nitrogens is 1. The predicted molar refractivity (Wildman–Crippen MR) is 112 cm³/mol. The number of hydrogen-bond donors (Lipinski definition) is 0. The summed E-state index contributed by atoms with van der Waals surface area (Å²) >= 11 is 0. The third kappa shape index (κ3) is 3.57. The lowest BCUT2D eigenvalue weighted by Gasteiger charge is -2.43. The van der Waals surface area contributed by atoms with Crippen molar-refractivity contribution in [2.45, 2.75) is 46.0 Å². The Hall–Kier alpha value is -2.95. The molecule has 1 aliphatic carbocycles. The summed E-state index contributed by atoms with van der Waals surface area (Å²) in [5, 5.41) is 0. The first-order valence-corrected chi connectivity index (χ1v) is 10.1. The van der Waals surface area contributed by atoms with Gasteiger partial charge in [-0.15, -0.1) is 0 Å². The quantitative estimate of drug-likeness (QED) is 0.763. The Morgan fingerprint density at radius 1 is 1.14 bits per heavy atom. The van der Waals surface area contributed by atoms with E-state index in [1.807, 2.05) is 43.3 Å². The van der Waals surface area contributed by atoms with Crippen LogP contribution in [0, 0.1) is 5.41 Å². The molecule has 0 saturated carbocycles. The number of anilines is 1. The molecule has 29 heavy (non-hydrogen) atoms. The fraction of sp³-hybridized carbons (Fsp3) is 0.375. The second-order valence-electron chi connectivity index (χ2n) is 8.47. The van der Waals surface area contributed by atoms with Crippen molar-refractivity contribution < 1.29 is 14.3 Å². The molecule has 5 heteroatoms. The first-order valence-electron chi connectivity index (χ1n) is 10.1. The Labute approximate surface area is 171 Å². The van der Waals surface area contributed by atoms with Crippen LogP contribution in [-0.2, 0) is 9.59 Å².